The second kappa shape index (κ2) is 5.46. The van der Waals surface area contributed by atoms with Crippen LogP contribution in [-0.4, -0.2) is 23.8 Å². The normalized spacial score (nSPS) is 12.2. The van der Waals surface area contributed by atoms with E-state index >= 15 is 0 Å². The highest BCUT2D eigenvalue weighted by Gasteiger charge is 2.09. The Morgan fingerprint density at radius 1 is 1.62 bits per heavy atom. The third kappa shape index (κ3) is 3.51. The Bertz CT molecular complexity index is 379. The number of nitrogens with two attached hydrogens (primary N) is 1. The maximum Gasteiger partial charge on any atom is 0.338 e. The maximum absolute atomic E-state index is 13.0. The van der Waals surface area contributed by atoms with Gasteiger partial charge in [-0.2, -0.15) is 0 Å². The quantitative estimate of drug-likeness (QED) is 0.601. The van der Waals surface area contributed by atoms with Crippen molar-refractivity contribution in [1.29, 1.82) is 0 Å². The fourth-order valence-electron chi connectivity index (χ4n) is 1.06. The number of ether oxygens (including phenoxy) is 1. The molecule has 0 amide bonds. The van der Waals surface area contributed by atoms with Gasteiger partial charge >= 0.3 is 5.97 Å². The van der Waals surface area contributed by atoms with Crippen LogP contribution in [0.2, 0.25) is 0 Å². The van der Waals surface area contributed by atoms with Crippen molar-refractivity contribution in [1.82, 2.24) is 0 Å². The Morgan fingerprint density at radius 3 is 2.88 bits per heavy atom. The molecule has 0 aliphatic heterocycles. The molecule has 1 aromatic rings. The van der Waals surface area contributed by atoms with Crippen molar-refractivity contribution in [3.05, 3.63) is 29.6 Å². The molecular weight excluding hydrogens is 213 g/mol. The van der Waals surface area contributed by atoms with Crippen LogP contribution in [0.3, 0.4) is 0 Å². The maximum atomic E-state index is 13.0. The van der Waals surface area contributed by atoms with Gasteiger partial charge in [0, 0.05) is 6.42 Å². The average Bonchev–Trinajstić information content (AvgIpc) is 2.21. The zero-order valence-corrected chi connectivity index (χ0v) is 8.94. The molecule has 0 spiro atoms. The van der Waals surface area contributed by atoms with E-state index in [1.54, 1.807) is 6.92 Å². The van der Waals surface area contributed by atoms with E-state index in [4.69, 9.17) is 15.6 Å². The number of benzene rings is 1. The zero-order valence-electron chi connectivity index (χ0n) is 8.94. The molecule has 0 fully saturated rings. The first-order chi connectivity index (χ1) is 7.50. The van der Waals surface area contributed by atoms with Crippen molar-refractivity contribution >= 4 is 11.7 Å². The summed E-state index contributed by atoms with van der Waals surface area (Å²) in [4.78, 5) is 11.4. The van der Waals surface area contributed by atoms with Crippen molar-refractivity contribution in [3.8, 4) is 0 Å². The van der Waals surface area contributed by atoms with Crippen LogP contribution in [0.15, 0.2) is 18.2 Å². The molecule has 3 N–H and O–H groups in total. The number of hydrogen-bond acceptors (Lipinski definition) is 4. The Morgan fingerprint density at radius 2 is 2.31 bits per heavy atom. The molecule has 1 rings (SSSR count). The number of rotatable bonds is 4. The van der Waals surface area contributed by atoms with E-state index in [1.807, 2.05) is 0 Å². The summed E-state index contributed by atoms with van der Waals surface area (Å²) in [7, 11) is 0. The number of carbonyl (C=O) groups is 1. The lowest BCUT2D eigenvalue weighted by Crippen LogP contribution is -2.11. The van der Waals surface area contributed by atoms with Gasteiger partial charge in [-0.3, -0.25) is 0 Å². The first-order valence-electron chi connectivity index (χ1n) is 4.91. The lowest BCUT2D eigenvalue weighted by atomic mass is 10.2. The number of nitrogen functional groups attached to an aromatic ring is 1. The highest BCUT2D eigenvalue weighted by Crippen LogP contribution is 2.12. The van der Waals surface area contributed by atoms with E-state index in [2.05, 4.69) is 0 Å². The van der Waals surface area contributed by atoms with Crippen LogP contribution >= 0.6 is 0 Å². The van der Waals surface area contributed by atoms with Gasteiger partial charge in [0.2, 0.25) is 0 Å². The summed E-state index contributed by atoms with van der Waals surface area (Å²) in [5, 5.41) is 8.95. The number of halogens is 1. The fourth-order valence-corrected chi connectivity index (χ4v) is 1.06. The smallest absolute Gasteiger partial charge is 0.338 e. The highest BCUT2D eigenvalue weighted by atomic mass is 19.1. The Balaban J connectivity index is 2.56. The molecule has 0 saturated heterocycles. The largest absolute Gasteiger partial charge is 0.462 e. The van der Waals surface area contributed by atoms with Crippen molar-refractivity contribution < 1.29 is 19.0 Å². The number of hydrogen-bond donors (Lipinski definition) is 2. The summed E-state index contributed by atoms with van der Waals surface area (Å²) in [5.74, 6) is -1.27. The average molecular weight is 227 g/mol. The molecule has 0 aliphatic rings. The molecule has 0 radical (unpaired) electrons. The second-order valence-corrected chi connectivity index (χ2v) is 3.51. The van der Waals surface area contributed by atoms with E-state index in [0.717, 1.165) is 6.07 Å². The molecule has 4 nitrogen and oxygen atoms in total. The molecule has 0 bridgehead atoms. The lowest BCUT2D eigenvalue weighted by Gasteiger charge is -2.06. The molecule has 88 valence electrons. The van der Waals surface area contributed by atoms with Gasteiger partial charge in [-0.15, -0.1) is 0 Å². The first-order valence-corrected chi connectivity index (χ1v) is 4.91. The van der Waals surface area contributed by atoms with Crippen LogP contribution in [0.4, 0.5) is 10.1 Å². The predicted octanol–water partition coefficient (Wildman–Crippen LogP) is 1.34. The number of anilines is 1. The number of esters is 1. The highest BCUT2D eigenvalue weighted by molar-refractivity contribution is 5.89. The van der Waals surface area contributed by atoms with E-state index in [9.17, 15) is 9.18 Å². The number of aliphatic hydroxyl groups excluding tert-OH is 1. The zero-order chi connectivity index (χ0) is 12.1. The molecular formula is C11H14FNO3. The van der Waals surface area contributed by atoms with Gasteiger partial charge < -0.3 is 15.6 Å². The SMILES string of the molecule is CC(O)CCOC(=O)c1ccc(N)c(F)c1. The van der Waals surface area contributed by atoms with Crippen molar-refractivity contribution in [2.24, 2.45) is 0 Å². The number of carbonyl (C=O) groups excluding carboxylic acids is 1. The number of aliphatic hydroxyl groups is 1. The molecule has 0 aromatic heterocycles. The van der Waals surface area contributed by atoms with Crippen molar-refractivity contribution in [2.75, 3.05) is 12.3 Å². The Hall–Kier alpha value is -1.62. The van der Waals surface area contributed by atoms with Gasteiger partial charge in [-0.25, -0.2) is 9.18 Å². The van der Waals surface area contributed by atoms with Crippen molar-refractivity contribution in [2.45, 2.75) is 19.4 Å². The second-order valence-electron chi connectivity index (χ2n) is 3.51. The Labute approximate surface area is 92.8 Å². The summed E-state index contributed by atoms with van der Waals surface area (Å²) < 4.78 is 17.8. The molecule has 1 aromatic carbocycles. The van der Waals surface area contributed by atoms with Crippen LogP contribution in [-0.2, 0) is 4.74 Å². The van der Waals surface area contributed by atoms with E-state index in [1.165, 1.54) is 12.1 Å². The monoisotopic (exact) mass is 227 g/mol. The summed E-state index contributed by atoms with van der Waals surface area (Å²) in [6.45, 7) is 1.69. The molecule has 1 unspecified atom stereocenters. The minimum absolute atomic E-state index is 0.0134. The molecule has 0 saturated carbocycles. The topological polar surface area (TPSA) is 72.5 Å². The van der Waals surface area contributed by atoms with Gasteiger partial charge in [0.15, 0.2) is 0 Å². The first kappa shape index (κ1) is 12.4. The van der Waals surface area contributed by atoms with Crippen LogP contribution in [0.1, 0.15) is 23.7 Å². The summed E-state index contributed by atoms with van der Waals surface area (Å²) >= 11 is 0. The van der Waals surface area contributed by atoms with Gasteiger partial charge in [0.1, 0.15) is 5.82 Å². The minimum Gasteiger partial charge on any atom is -0.462 e. The van der Waals surface area contributed by atoms with Crippen LogP contribution in [0.5, 0.6) is 0 Å². The summed E-state index contributed by atoms with van der Waals surface area (Å²) in [6, 6.07) is 3.73. The van der Waals surface area contributed by atoms with Crippen LogP contribution in [0, 0.1) is 5.82 Å². The lowest BCUT2D eigenvalue weighted by molar-refractivity contribution is 0.0444. The fraction of sp³-hybridized carbons (Fsp3) is 0.364. The van der Waals surface area contributed by atoms with Crippen LogP contribution in [0.25, 0.3) is 0 Å². The van der Waals surface area contributed by atoms with Gasteiger partial charge in [-0.05, 0) is 25.1 Å². The Kier molecular flexibility index (Phi) is 4.25. The van der Waals surface area contributed by atoms with Gasteiger partial charge in [0.25, 0.3) is 0 Å². The summed E-state index contributed by atoms with van der Waals surface area (Å²) in [5.41, 5.74) is 5.36. The van der Waals surface area contributed by atoms with E-state index < -0.39 is 17.9 Å². The third-order valence-electron chi connectivity index (χ3n) is 2.00. The summed E-state index contributed by atoms with van der Waals surface area (Å²) in [6.07, 6.45) is -0.181. The van der Waals surface area contributed by atoms with Crippen LogP contribution < -0.4 is 5.73 Å². The molecule has 1 atom stereocenters. The van der Waals surface area contributed by atoms with E-state index in [-0.39, 0.29) is 17.9 Å². The predicted molar refractivity (Wildman–Crippen MR) is 57.4 cm³/mol. The molecule has 0 aliphatic carbocycles. The minimum atomic E-state index is -0.648. The molecule has 0 heterocycles. The molecule has 5 heteroatoms. The standard InChI is InChI=1S/C11H14FNO3/c1-7(14)4-5-16-11(15)8-2-3-10(13)9(12)6-8/h2-3,6-7,14H,4-5,13H2,1H3. The third-order valence-corrected chi connectivity index (χ3v) is 2.00. The van der Waals surface area contributed by atoms with E-state index in [0.29, 0.717) is 6.42 Å². The van der Waals surface area contributed by atoms with Crippen molar-refractivity contribution in [3.63, 3.8) is 0 Å². The molecule has 16 heavy (non-hydrogen) atoms. The van der Waals surface area contributed by atoms with Gasteiger partial charge in [-0.1, -0.05) is 0 Å². The van der Waals surface area contributed by atoms with Gasteiger partial charge in [0.05, 0.1) is 24.0 Å².